The standard InChI is InChI=1S/C22H22N4O3/c1-28-20-10-8-16(12-21(20)29-2)9-11-22(27)25-13-18(14-25)26-15-19(23-24-26)17-6-4-3-5-7-17/h3-12,15,18H,13-14H2,1-2H3/b11-9+. The molecule has 2 aromatic carbocycles. The second-order valence-electron chi connectivity index (χ2n) is 6.79. The topological polar surface area (TPSA) is 69.5 Å². The van der Waals surface area contributed by atoms with Crippen molar-refractivity contribution in [3.8, 4) is 22.8 Å². The van der Waals surface area contributed by atoms with Crippen LogP contribution in [0.4, 0.5) is 0 Å². The first kappa shape index (κ1) is 18.7. The van der Waals surface area contributed by atoms with Gasteiger partial charge in [-0.15, -0.1) is 5.10 Å². The molecule has 0 radical (unpaired) electrons. The summed E-state index contributed by atoms with van der Waals surface area (Å²) in [6, 6.07) is 15.6. The molecule has 0 N–H and O–H groups in total. The molecule has 0 bridgehead atoms. The lowest BCUT2D eigenvalue weighted by Gasteiger charge is -2.38. The molecule has 148 valence electrons. The Morgan fingerprint density at radius 2 is 1.83 bits per heavy atom. The van der Waals surface area contributed by atoms with E-state index in [0.717, 1.165) is 16.8 Å². The lowest BCUT2D eigenvalue weighted by atomic mass is 10.1. The molecule has 1 fully saturated rings. The molecule has 1 amide bonds. The highest BCUT2D eigenvalue weighted by Gasteiger charge is 2.31. The van der Waals surface area contributed by atoms with Crippen LogP contribution < -0.4 is 9.47 Å². The Bertz CT molecular complexity index is 1020. The van der Waals surface area contributed by atoms with Crippen molar-refractivity contribution < 1.29 is 14.3 Å². The predicted octanol–water partition coefficient (Wildman–Crippen LogP) is 3.06. The zero-order chi connectivity index (χ0) is 20.2. The van der Waals surface area contributed by atoms with Gasteiger partial charge in [0, 0.05) is 24.7 Å². The summed E-state index contributed by atoms with van der Waals surface area (Å²) in [5, 5.41) is 8.46. The maximum absolute atomic E-state index is 12.4. The van der Waals surface area contributed by atoms with E-state index in [9.17, 15) is 4.79 Å². The normalized spacial score (nSPS) is 14.1. The Balaban J connectivity index is 1.35. The van der Waals surface area contributed by atoms with E-state index >= 15 is 0 Å². The SMILES string of the molecule is COc1ccc(/C=C/C(=O)N2CC(n3cc(-c4ccccc4)nn3)C2)cc1OC. The van der Waals surface area contributed by atoms with Gasteiger partial charge in [-0.2, -0.15) is 0 Å². The van der Waals surface area contributed by atoms with E-state index < -0.39 is 0 Å². The molecule has 0 aliphatic carbocycles. The summed E-state index contributed by atoms with van der Waals surface area (Å²) in [5.74, 6) is 1.26. The zero-order valence-corrected chi connectivity index (χ0v) is 16.4. The molecule has 7 heteroatoms. The van der Waals surface area contributed by atoms with Crippen molar-refractivity contribution in [2.75, 3.05) is 27.3 Å². The van der Waals surface area contributed by atoms with Crippen LogP contribution >= 0.6 is 0 Å². The number of hydrogen-bond donors (Lipinski definition) is 0. The fourth-order valence-electron chi connectivity index (χ4n) is 3.23. The third-order valence-electron chi connectivity index (χ3n) is 4.95. The smallest absolute Gasteiger partial charge is 0.246 e. The molecule has 0 spiro atoms. The van der Waals surface area contributed by atoms with Gasteiger partial charge < -0.3 is 14.4 Å². The van der Waals surface area contributed by atoms with E-state index in [4.69, 9.17) is 9.47 Å². The van der Waals surface area contributed by atoms with Gasteiger partial charge in [-0.05, 0) is 23.8 Å². The van der Waals surface area contributed by atoms with Crippen LogP contribution in [0, 0.1) is 0 Å². The Kier molecular flexibility index (Phi) is 5.29. The number of benzene rings is 2. The Morgan fingerprint density at radius 1 is 1.07 bits per heavy atom. The number of aromatic nitrogens is 3. The average Bonchev–Trinajstić information content (AvgIpc) is 3.21. The maximum Gasteiger partial charge on any atom is 0.246 e. The fraction of sp³-hybridized carbons (Fsp3) is 0.227. The molecule has 4 rings (SSSR count). The molecule has 3 aromatic rings. The lowest BCUT2D eigenvalue weighted by molar-refractivity contribution is -0.131. The van der Waals surface area contributed by atoms with Crippen LogP contribution in [0.2, 0.25) is 0 Å². The summed E-state index contributed by atoms with van der Waals surface area (Å²) in [5.41, 5.74) is 2.74. The van der Waals surface area contributed by atoms with Crippen molar-refractivity contribution in [3.05, 3.63) is 66.4 Å². The minimum absolute atomic E-state index is 0.0283. The lowest BCUT2D eigenvalue weighted by Crippen LogP contribution is -2.50. The highest BCUT2D eigenvalue weighted by atomic mass is 16.5. The van der Waals surface area contributed by atoms with Crippen molar-refractivity contribution in [2.24, 2.45) is 0 Å². The molecule has 0 saturated carbocycles. The van der Waals surface area contributed by atoms with E-state index in [2.05, 4.69) is 10.3 Å². The molecule has 29 heavy (non-hydrogen) atoms. The van der Waals surface area contributed by atoms with Gasteiger partial charge >= 0.3 is 0 Å². The van der Waals surface area contributed by atoms with Crippen molar-refractivity contribution in [1.82, 2.24) is 19.9 Å². The predicted molar refractivity (Wildman–Crippen MR) is 110 cm³/mol. The molecule has 1 saturated heterocycles. The number of carbonyl (C=O) groups is 1. The van der Waals surface area contributed by atoms with Gasteiger partial charge in [0.15, 0.2) is 11.5 Å². The van der Waals surface area contributed by atoms with Crippen LogP contribution in [0.3, 0.4) is 0 Å². The third kappa shape index (κ3) is 3.99. The van der Waals surface area contributed by atoms with Crippen LogP contribution in [0.5, 0.6) is 11.5 Å². The molecule has 2 heterocycles. The minimum atomic E-state index is -0.0283. The van der Waals surface area contributed by atoms with Crippen LogP contribution in [-0.2, 0) is 4.79 Å². The number of methoxy groups -OCH3 is 2. The first-order valence-electron chi connectivity index (χ1n) is 9.34. The Morgan fingerprint density at radius 3 is 2.55 bits per heavy atom. The number of rotatable bonds is 6. The molecule has 1 aliphatic rings. The highest BCUT2D eigenvalue weighted by molar-refractivity contribution is 5.92. The van der Waals surface area contributed by atoms with Crippen molar-refractivity contribution in [1.29, 1.82) is 0 Å². The molecule has 1 aromatic heterocycles. The van der Waals surface area contributed by atoms with Gasteiger partial charge in [0.05, 0.1) is 26.5 Å². The first-order chi connectivity index (χ1) is 14.2. The van der Waals surface area contributed by atoms with E-state index in [1.807, 2.05) is 59.4 Å². The van der Waals surface area contributed by atoms with E-state index in [1.165, 1.54) is 0 Å². The number of ether oxygens (including phenoxy) is 2. The van der Waals surface area contributed by atoms with Crippen LogP contribution in [-0.4, -0.2) is 53.1 Å². The van der Waals surface area contributed by atoms with Crippen molar-refractivity contribution in [3.63, 3.8) is 0 Å². The third-order valence-corrected chi connectivity index (χ3v) is 4.95. The quantitative estimate of drug-likeness (QED) is 0.605. The van der Waals surface area contributed by atoms with Gasteiger partial charge in [-0.25, -0.2) is 4.68 Å². The molecule has 7 nitrogen and oxygen atoms in total. The summed E-state index contributed by atoms with van der Waals surface area (Å²) < 4.78 is 12.4. The van der Waals surface area contributed by atoms with E-state index in [0.29, 0.717) is 24.6 Å². The summed E-state index contributed by atoms with van der Waals surface area (Å²) in [7, 11) is 3.18. The molecule has 0 unspecified atom stereocenters. The monoisotopic (exact) mass is 390 g/mol. The summed E-state index contributed by atoms with van der Waals surface area (Å²) in [6.07, 6.45) is 5.29. The average molecular weight is 390 g/mol. The highest BCUT2D eigenvalue weighted by Crippen LogP contribution is 2.28. The van der Waals surface area contributed by atoms with Crippen LogP contribution in [0.25, 0.3) is 17.3 Å². The number of nitrogens with zero attached hydrogens (tertiary/aromatic N) is 4. The number of likely N-dealkylation sites (tertiary alicyclic amines) is 1. The summed E-state index contributed by atoms with van der Waals surface area (Å²) >= 11 is 0. The second kappa shape index (κ2) is 8.18. The number of amides is 1. The zero-order valence-electron chi connectivity index (χ0n) is 16.4. The van der Waals surface area contributed by atoms with E-state index in [1.54, 1.807) is 31.3 Å². The van der Waals surface area contributed by atoms with Gasteiger partial charge in [-0.1, -0.05) is 41.6 Å². The van der Waals surface area contributed by atoms with E-state index in [-0.39, 0.29) is 11.9 Å². The van der Waals surface area contributed by atoms with Crippen molar-refractivity contribution in [2.45, 2.75) is 6.04 Å². The van der Waals surface area contributed by atoms with Gasteiger partial charge in [-0.3, -0.25) is 4.79 Å². The van der Waals surface area contributed by atoms with Gasteiger partial charge in [0.2, 0.25) is 5.91 Å². The minimum Gasteiger partial charge on any atom is -0.493 e. The second-order valence-corrected chi connectivity index (χ2v) is 6.79. The summed E-state index contributed by atoms with van der Waals surface area (Å²) in [6.45, 7) is 1.24. The molecular formula is C22H22N4O3. The Labute approximate surface area is 169 Å². The fourth-order valence-corrected chi connectivity index (χ4v) is 3.23. The molecule has 1 aliphatic heterocycles. The van der Waals surface area contributed by atoms with Gasteiger partial charge in [0.25, 0.3) is 0 Å². The summed E-state index contributed by atoms with van der Waals surface area (Å²) in [4.78, 5) is 14.2. The van der Waals surface area contributed by atoms with Crippen LogP contribution in [0.15, 0.2) is 60.8 Å². The molecular weight excluding hydrogens is 368 g/mol. The van der Waals surface area contributed by atoms with Crippen molar-refractivity contribution >= 4 is 12.0 Å². The first-order valence-corrected chi connectivity index (χ1v) is 9.34. The molecule has 0 atom stereocenters. The largest absolute Gasteiger partial charge is 0.493 e. The van der Waals surface area contributed by atoms with Crippen LogP contribution in [0.1, 0.15) is 11.6 Å². The maximum atomic E-state index is 12.4. The van der Waals surface area contributed by atoms with Gasteiger partial charge in [0.1, 0.15) is 5.69 Å². The number of hydrogen-bond acceptors (Lipinski definition) is 5. The number of carbonyl (C=O) groups excluding carboxylic acids is 1. The Hall–Kier alpha value is -3.61.